The zero-order valence-electron chi connectivity index (χ0n) is 15.4. The summed E-state index contributed by atoms with van der Waals surface area (Å²) in [6.07, 6.45) is 2.73. The van der Waals surface area contributed by atoms with Crippen molar-refractivity contribution in [2.24, 2.45) is 0 Å². The molecule has 138 valence electrons. The number of carbonyl (C=O) groups is 1. The summed E-state index contributed by atoms with van der Waals surface area (Å²) in [4.78, 5) is 11.8. The molecule has 0 saturated carbocycles. The molecule has 3 aromatic rings. The third-order valence-electron chi connectivity index (χ3n) is 4.66. The molecule has 4 nitrogen and oxygen atoms in total. The predicted octanol–water partition coefficient (Wildman–Crippen LogP) is 4.83. The molecule has 0 heterocycles. The number of rotatable bonds is 6. The van der Waals surface area contributed by atoms with Crippen molar-refractivity contribution < 1.29 is 19.7 Å². The van der Waals surface area contributed by atoms with Gasteiger partial charge in [0.15, 0.2) is 11.5 Å². The molecule has 0 saturated heterocycles. The lowest BCUT2D eigenvalue weighted by Gasteiger charge is -2.14. The van der Waals surface area contributed by atoms with Crippen molar-refractivity contribution in [2.45, 2.75) is 19.8 Å². The third-order valence-corrected chi connectivity index (χ3v) is 4.66. The number of phenols is 1. The largest absolute Gasteiger partial charge is 0.504 e. The van der Waals surface area contributed by atoms with E-state index in [2.05, 4.69) is 0 Å². The van der Waals surface area contributed by atoms with Crippen molar-refractivity contribution in [3.63, 3.8) is 0 Å². The van der Waals surface area contributed by atoms with Crippen LogP contribution in [0.1, 0.15) is 23.6 Å². The standard InChI is InChI=1S/C23H22O4/c1-3-16-10-7-11-19-17(14-20(27-2)22(24)21(16)19)13-18(23(25)26)12-15-8-5-4-6-9-15/h4-11,13-14,24H,3,12H2,1-2H3,(H,25,26)/b18-13-. The van der Waals surface area contributed by atoms with Gasteiger partial charge in [0.05, 0.1) is 7.11 Å². The normalized spacial score (nSPS) is 11.6. The average Bonchev–Trinajstić information content (AvgIpc) is 2.69. The SMILES string of the molecule is CCc1cccc2c(/C=C(/Cc3ccccc3)C(=O)O)cc(OC)c(O)c12. The average molecular weight is 362 g/mol. The van der Waals surface area contributed by atoms with E-state index < -0.39 is 5.97 Å². The number of ether oxygens (including phenoxy) is 1. The number of phenolic OH excluding ortho intramolecular Hbond substituents is 1. The minimum atomic E-state index is -0.967. The van der Waals surface area contributed by atoms with Crippen molar-refractivity contribution in [1.29, 1.82) is 0 Å². The monoisotopic (exact) mass is 362 g/mol. The van der Waals surface area contributed by atoms with Gasteiger partial charge in [-0.3, -0.25) is 0 Å². The van der Waals surface area contributed by atoms with E-state index in [0.717, 1.165) is 22.9 Å². The summed E-state index contributed by atoms with van der Waals surface area (Å²) in [5.41, 5.74) is 2.90. The highest BCUT2D eigenvalue weighted by Gasteiger charge is 2.16. The van der Waals surface area contributed by atoms with E-state index in [1.807, 2.05) is 55.5 Å². The third kappa shape index (κ3) is 3.80. The Labute approximate surface area is 158 Å². The zero-order valence-corrected chi connectivity index (χ0v) is 15.4. The van der Waals surface area contributed by atoms with Gasteiger partial charge in [-0.2, -0.15) is 0 Å². The van der Waals surface area contributed by atoms with Crippen LogP contribution in [-0.4, -0.2) is 23.3 Å². The molecule has 0 unspecified atom stereocenters. The summed E-state index contributed by atoms with van der Waals surface area (Å²) >= 11 is 0. The lowest BCUT2D eigenvalue weighted by atomic mass is 9.95. The van der Waals surface area contributed by atoms with Gasteiger partial charge in [-0.15, -0.1) is 0 Å². The molecule has 0 bridgehead atoms. The van der Waals surface area contributed by atoms with Crippen LogP contribution in [0.25, 0.3) is 16.8 Å². The minimum Gasteiger partial charge on any atom is -0.504 e. The van der Waals surface area contributed by atoms with Crippen LogP contribution in [0.15, 0.2) is 60.2 Å². The van der Waals surface area contributed by atoms with E-state index in [9.17, 15) is 15.0 Å². The molecule has 0 fully saturated rings. The van der Waals surface area contributed by atoms with E-state index in [1.165, 1.54) is 7.11 Å². The first-order valence-corrected chi connectivity index (χ1v) is 8.84. The van der Waals surface area contributed by atoms with Gasteiger partial charge in [0.1, 0.15) is 0 Å². The predicted molar refractivity (Wildman–Crippen MR) is 107 cm³/mol. The molecule has 3 aromatic carbocycles. The molecule has 0 aromatic heterocycles. The number of hydrogen-bond acceptors (Lipinski definition) is 3. The Morgan fingerprint density at radius 3 is 2.48 bits per heavy atom. The fraction of sp³-hybridized carbons (Fsp3) is 0.174. The smallest absolute Gasteiger partial charge is 0.331 e. The Balaban J connectivity index is 2.21. The topological polar surface area (TPSA) is 66.8 Å². The number of methoxy groups -OCH3 is 1. The Morgan fingerprint density at radius 2 is 1.85 bits per heavy atom. The van der Waals surface area contributed by atoms with Crippen molar-refractivity contribution in [3.8, 4) is 11.5 Å². The van der Waals surface area contributed by atoms with Crippen LogP contribution in [0, 0.1) is 0 Å². The van der Waals surface area contributed by atoms with E-state index >= 15 is 0 Å². The van der Waals surface area contributed by atoms with Crippen LogP contribution in [0.2, 0.25) is 0 Å². The second-order valence-electron chi connectivity index (χ2n) is 6.35. The molecule has 0 aliphatic rings. The fourth-order valence-corrected chi connectivity index (χ4v) is 3.29. The number of aromatic hydroxyl groups is 1. The van der Waals surface area contributed by atoms with Crippen LogP contribution < -0.4 is 4.74 Å². The first-order valence-electron chi connectivity index (χ1n) is 8.84. The lowest BCUT2D eigenvalue weighted by molar-refractivity contribution is -0.132. The number of carboxylic acid groups (broad SMARTS) is 1. The van der Waals surface area contributed by atoms with E-state index in [4.69, 9.17) is 4.74 Å². The molecule has 0 radical (unpaired) electrons. The molecule has 0 spiro atoms. The van der Waals surface area contributed by atoms with Crippen molar-refractivity contribution >= 4 is 22.8 Å². The number of hydrogen-bond donors (Lipinski definition) is 2. The summed E-state index contributed by atoms with van der Waals surface area (Å²) in [7, 11) is 1.49. The van der Waals surface area contributed by atoms with Gasteiger partial charge in [-0.1, -0.05) is 55.5 Å². The van der Waals surface area contributed by atoms with Crippen LogP contribution in [0.4, 0.5) is 0 Å². The zero-order chi connectivity index (χ0) is 19.4. The molecule has 4 heteroatoms. The molecule has 0 amide bonds. The molecular weight excluding hydrogens is 340 g/mol. The Bertz CT molecular complexity index is 1000. The molecular formula is C23H22O4. The van der Waals surface area contributed by atoms with Crippen molar-refractivity contribution in [3.05, 3.63) is 76.9 Å². The number of benzene rings is 3. The van der Waals surface area contributed by atoms with Crippen LogP contribution in [-0.2, 0) is 17.6 Å². The van der Waals surface area contributed by atoms with Gasteiger partial charge in [-0.05, 0) is 40.6 Å². The first kappa shape index (κ1) is 18.5. The maximum absolute atomic E-state index is 11.8. The van der Waals surface area contributed by atoms with Gasteiger partial charge in [0.2, 0.25) is 0 Å². The van der Waals surface area contributed by atoms with E-state index in [0.29, 0.717) is 23.1 Å². The van der Waals surface area contributed by atoms with Gasteiger partial charge in [0, 0.05) is 17.4 Å². The van der Waals surface area contributed by atoms with Crippen molar-refractivity contribution in [1.82, 2.24) is 0 Å². The number of aryl methyl sites for hydroxylation is 1. The second-order valence-corrected chi connectivity index (χ2v) is 6.35. The van der Waals surface area contributed by atoms with Gasteiger partial charge >= 0.3 is 5.97 Å². The Kier molecular flexibility index (Phi) is 5.46. The van der Waals surface area contributed by atoms with Crippen LogP contribution in [0.5, 0.6) is 11.5 Å². The van der Waals surface area contributed by atoms with Gasteiger partial charge in [0.25, 0.3) is 0 Å². The number of carboxylic acids is 1. The van der Waals surface area contributed by atoms with E-state index in [-0.39, 0.29) is 11.3 Å². The highest BCUT2D eigenvalue weighted by molar-refractivity contribution is 6.02. The second kappa shape index (κ2) is 7.96. The number of fused-ring (bicyclic) bond motifs is 1. The van der Waals surface area contributed by atoms with Crippen LogP contribution in [0.3, 0.4) is 0 Å². The molecule has 3 rings (SSSR count). The summed E-state index contributed by atoms with van der Waals surface area (Å²) in [6.45, 7) is 2.02. The van der Waals surface area contributed by atoms with E-state index in [1.54, 1.807) is 12.1 Å². The maximum atomic E-state index is 11.8. The molecule has 0 aliphatic carbocycles. The summed E-state index contributed by atoms with van der Waals surface area (Å²) < 4.78 is 5.33. The molecule has 0 aliphatic heterocycles. The highest BCUT2D eigenvalue weighted by Crippen LogP contribution is 2.40. The molecule has 0 atom stereocenters. The number of aliphatic carboxylic acids is 1. The Morgan fingerprint density at radius 1 is 1.11 bits per heavy atom. The minimum absolute atomic E-state index is 0.0852. The quantitative estimate of drug-likeness (QED) is 0.617. The van der Waals surface area contributed by atoms with Crippen LogP contribution >= 0.6 is 0 Å². The maximum Gasteiger partial charge on any atom is 0.331 e. The lowest BCUT2D eigenvalue weighted by Crippen LogP contribution is -2.04. The first-order chi connectivity index (χ1) is 13.0. The molecule has 27 heavy (non-hydrogen) atoms. The summed E-state index contributed by atoms with van der Waals surface area (Å²) in [6, 6.07) is 16.9. The summed E-state index contributed by atoms with van der Waals surface area (Å²) in [5, 5.41) is 21.8. The summed E-state index contributed by atoms with van der Waals surface area (Å²) in [5.74, 6) is -0.549. The fourth-order valence-electron chi connectivity index (χ4n) is 3.29. The van der Waals surface area contributed by atoms with Gasteiger partial charge in [-0.25, -0.2) is 4.79 Å². The Hall–Kier alpha value is -3.27. The van der Waals surface area contributed by atoms with Crippen molar-refractivity contribution in [2.75, 3.05) is 7.11 Å². The highest BCUT2D eigenvalue weighted by atomic mass is 16.5. The molecule has 2 N–H and O–H groups in total. The van der Waals surface area contributed by atoms with Gasteiger partial charge < -0.3 is 14.9 Å².